The number of nitrogens with zero attached hydrogens (tertiary/aromatic N) is 5. The zero-order valence-corrected chi connectivity index (χ0v) is 23.8. The first-order chi connectivity index (χ1) is 19.3. The van der Waals surface area contributed by atoms with Gasteiger partial charge in [0.25, 0.3) is 5.91 Å². The van der Waals surface area contributed by atoms with Crippen LogP contribution in [0.2, 0.25) is 0 Å². The molecule has 40 heavy (non-hydrogen) atoms. The summed E-state index contributed by atoms with van der Waals surface area (Å²) in [5.74, 6) is 0.421. The molecule has 8 nitrogen and oxygen atoms in total. The molecule has 0 aliphatic carbocycles. The first-order valence-corrected chi connectivity index (χ1v) is 14.3. The van der Waals surface area contributed by atoms with Crippen molar-refractivity contribution in [1.82, 2.24) is 14.5 Å². The summed E-state index contributed by atoms with van der Waals surface area (Å²) in [4.78, 5) is 36.3. The maximum atomic E-state index is 14.5. The lowest BCUT2D eigenvalue weighted by Crippen LogP contribution is -2.48. The van der Waals surface area contributed by atoms with Gasteiger partial charge in [0.15, 0.2) is 5.78 Å². The molecule has 4 heterocycles. The van der Waals surface area contributed by atoms with Crippen molar-refractivity contribution in [1.29, 1.82) is 0 Å². The predicted molar refractivity (Wildman–Crippen MR) is 154 cm³/mol. The predicted octanol–water partition coefficient (Wildman–Crippen LogP) is 5.00. The highest BCUT2D eigenvalue weighted by Gasteiger charge is 2.88. The van der Waals surface area contributed by atoms with E-state index in [1.165, 1.54) is 17.6 Å². The van der Waals surface area contributed by atoms with Crippen LogP contribution < -0.4 is 9.64 Å². The number of carbonyl (C=O) groups excluding carboxylic acids is 2. The lowest BCUT2D eigenvalue weighted by Gasteiger charge is -2.33. The number of rotatable bonds is 12. The third-order valence-electron chi connectivity index (χ3n) is 8.34. The van der Waals surface area contributed by atoms with Crippen molar-refractivity contribution < 1.29 is 18.8 Å². The minimum absolute atomic E-state index is 0.0569. The normalized spacial score (nSPS) is 22.8. The number of amides is 1. The summed E-state index contributed by atoms with van der Waals surface area (Å²) in [6.45, 7) is 11.4. The number of allylic oxidation sites excluding steroid dienone is 1. The minimum Gasteiger partial charge on any atom is -0.489 e. The van der Waals surface area contributed by atoms with E-state index in [-0.39, 0.29) is 24.3 Å². The maximum absolute atomic E-state index is 14.5. The Balaban J connectivity index is 1.44. The Morgan fingerprint density at radius 2 is 1.93 bits per heavy atom. The molecule has 208 valence electrons. The van der Waals surface area contributed by atoms with Gasteiger partial charge in [0, 0.05) is 29.2 Å². The van der Waals surface area contributed by atoms with Crippen LogP contribution >= 0.6 is 0 Å². The van der Waals surface area contributed by atoms with Crippen LogP contribution in [0.4, 0.5) is 5.69 Å². The van der Waals surface area contributed by atoms with Crippen LogP contribution in [0, 0.1) is 6.92 Å². The number of piperazine rings is 1. The third kappa shape index (κ3) is 4.75. The average Bonchev–Trinajstić information content (AvgIpc) is 3.67. The van der Waals surface area contributed by atoms with Crippen LogP contribution in [-0.2, 0) is 6.54 Å². The van der Waals surface area contributed by atoms with Crippen molar-refractivity contribution in [3.8, 4) is 5.75 Å². The molecule has 2 atom stereocenters. The highest BCUT2D eigenvalue weighted by molar-refractivity contribution is 6.10. The van der Waals surface area contributed by atoms with Gasteiger partial charge in [-0.3, -0.25) is 19.0 Å². The number of ether oxygens (including phenoxy) is 1. The number of ketones is 1. The van der Waals surface area contributed by atoms with E-state index < -0.39 is 0 Å². The average molecular weight is 541 g/mol. The van der Waals surface area contributed by atoms with Crippen LogP contribution in [0.3, 0.4) is 0 Å². The number of carbonyl (C=O) groups is 2. The summed E-state index contributed by atoms with van der Waals surface area (Å²) < 4.78 is 9.27. The van der Waals surface area contributed by atoms with Crippen LogP contribution in [0.15, 0.2) is 73.0 Å². The number of aromatic nitrogens is 2. The molecule has 2 aromatic carbocycles. The van der Waals surface area contributed by atoms with E-state index in [4.69, 9.17) is 4.74 Å². The van der Waals surface area contributed by atoms with Crippen molar-refractivity contribution >= 4 is 17.4 Å². The number of Topliss-reactive ketones (excluding diaryl/α,β-unsaturated/α-hetero) is 1. The minimum atomic E-state index is -0.110. The molecule has 8 heteroatoms. The fraction of sp³-hybridized carbons (Fsp3) is 0.406. The largest absolute Gasteiger partial charge is 0.489 e. The van der Waals surface area contributed by atoms with Gasteiger partial charge in [0.2, 0.25) is 12.3 Å². The molecule has 1 spiro atoms. The summed E-state index contributed by atoms with van der Waals surface area (Å²) in [6, 6.07) is 13.2. The van der Waals surface area contributed by atoms with Gasteiger partial charge in [-0.15, -0.1) is 0 Å². The molecule has 6 rings (SSSR count). The molecule has 3 aromatic rings. The molecule has 3 fully saturated rings. The van der Waals surface area contributed by atoms with Gasteiger partial charge in [0.1, 0.15) is 18.8 Å². The molecule has 2 unspecified atom stereocenters. The first kappa shape index (κ1) is 26.5. The molecule has 1 amide bonds. The molecule has 3 saturated heterocycles. The van der Waals surface area contributed by atoms with E-state index in [0.717, 1.165) is 24.1 Å². The van der Waals surface area contributed by atoms with Gasteiger partial charge in [0.05, 0.1) is 31.2 Å². The number of hydrogen-bond donors (Lipinski definition) is 0. The summed E-state index contributed by atoms with van der Waals surface area (Å²) >= 11 is 0. The first-order valence-electron chi connectivity index (χ1n) is 14.3. The third-order valence-corrected chi connectivity index (χ3v) is 8.34. The Bertz CT molecular complexity index is 1440. The molecule has 0 bridgehead atoms. The lowest BCUT2D eigenvalue weighted by molar-refractivity contribution is -0.750. The summed E-state index contributed by atoms with van der Waals surface area (Å²) in [5.41, 5.74) is 3.63. The van der Waals surface area contributed by atoms with Gasteiger partial charge >= 0.3 is 0 Å². The van der Waals surface area contributed by atoms with Crippen LogP contribution in [0.25, 0.3) is 0 Å². The van der Waals surface area contributed by atoms with E-state index in [1.807, 2.05) is 62.1 Å². The second kappa shape index (κ2) is 10.3. The summed E-state index contributed by atoms with van der Waals surface area (Å²) in [5, 5.41) is 0. The Morgan fingerprint density at radius 3 is 2.58 bits per heavy atom. The van der Waals surface area contributed by atoms with Gasteiger partial charge in [-0.1, -0.05) is 37.6 Å². The van der Waals surface area contributed by atoms with Crippen molar-refractivity contribution in [2.75, 3.05) is 24.5 Å². The zero-order valence-electron chi connectivity index (χ0n) is 23.8. The molecular formula is C32H38N5O3+. The highest BCUT2D eigenvalue weighted by Crippen LogP contribution is 2.61. The van der Waals surface area contributed by atoms with Crippen molar-refractivity contribution in [3.05, 3.63) is 89.6 Å². The van der Waals surface area contributed by atoms with E-state index in [1.54, 1.807) is 29.4 Å². The van der Waals surface area contributed by atoms with Crippen molar-refractivity contribution in [2.24, 2.45) is 0 Å². The Hall–Kier alpha value is -3.75. The van der Waals surface area contributed by atoms with Crippen molar-refractivity contribution in [2.45, 2.75) is 65.5 Å². The second-order valence-corrected chi connectivity index (χ2v) is 11.5. The number of anilines is 1. The second-order valence-electron chi connectivity index (χ2n) is 11.5. The SMILES string of the molecule is CCC/C=C(\CN1C2C[N+]23CC13)N(C(=O)c1ccccc1C)c1cc(C(=O)Cn2ccnc2)ccc1OC(C)C. The quantitative estimate of drug-likeness (QED) is 0.184. The topological polar surface area (TPSA) is 67.7 Å². The Labute approximate surface area is 236 Å². The van der Waals surface area contributed by atoms with E-state index >= 15 is 0 Å². The monoisotopic (exact) mass is 540 g/mol. The fourth-order valence-electron chi connectivity index (χ4n) is 6.08. The van der Waals surface area contributed by atoms with Gasteiger partial charge in [-0.25, -0.2) is 4.98 Å². The lowest BCUT2D eigenvalue weighted by atomic mass is 10.0. The van der Waals surface area contributed by atoms with E-state index in [9.17, 15) is 9.59 Å². The van der Waals surface area contributed by atoms with Gasteiger partial charge in [-0.2, -0.15) is 4.90 Å². The standard InChI is InChI=1S/C32H38N5O3/c1-5-6-10-25(17-35-30-19-37(30)20-31(35)37)36(32(39)26-11-8-7-9-23(26)4)27-16-24(12-13-29(27)40-22(2)3)28(38)18-34-15-14-33-21-34/h7-16,21-22,30-31H,5-6,17-20H2,1-4H3/q+1/b25-10+. The fourth-order valence-corrected chi connectivity index (χ4v) is 6.08. The zero-order chi connectivity index (χ0) is 28.0. The van der Waals surface area contributed by atoms with Crippen molar-refractivity contribution in [3.63, 3.8) is 0 Å². The number of benzene rings is 2. The van der Waals surface area contributed by atoms with E-state index in [0.29, 0.717) is 41.4 Å². The molecule has 1 aromatic heterocycles. The van der Waals surface area contributed by atoms with Gasteiger partial charge in [-0.05, 0) is 57.0 Å². The summed E-state index contributed by atoms with van der Waals surface area (Å²) in [6.07, 6.45) is 10.2. The number of unbranched alkanes of at least 4 members (excludes halogenated alkanes) is 1. The van der Waals surface area contributed by atoms with Gasteiger partial charge < -0.3 is 9.30 Å². The smallest absolute Gasteiger partial charge is 0.263 e. The number of imidazole rings is 1. The number of hydrogen-bond acceptors (Lipinski definition) is 5. The summed E-state index contributed by atoms with van der Waals surface area (Å²) in [7, 11) is 0. The number of aryl methyl sites for hydroxylation is 1. The van der Waals surface area contributed by atoms with E-state index in [2.05, 4.69) is 22.9 Å². The Kier molecular flexibility index (Phi) is 6.84. The van der Waals surface area contributed by atoms with Crippen LogP contribution in [-0.4, -0.2) is 68.7 Å². The highest BCUT2D eigenvalue weighted by atomic mass is 16.5. The molecule has 3 aliphatic heterocycles. The van der Waals surface area contributed by atoms with Crippen LogP contribution in [0.5, 0.6) is 5.75 Å². The molecule has 0 N–H and O–H groups in total. The molecule has 3 aliphatic rings. The Morgan fingerprint density at radius 1 is 1.15 bits per heavy atom. The number of quaternary nitrogens is 1. The molecule has 0 saturated carbocycles. The maximum Gasteiger partial charge on any atom is 0.263 e. The van der Waals surface area contributed by atoms with Crippen LogP contribution in [0.1, 0.15) is 59.9 Å². The molecule has 0 radical (unpaired) electrons. The molecular weight excluding hydrogens is 502 g/mol.